The lowest BCUT2D eigenvalue weighted by Crippen LogP contribution is -2.49. The minimum atomic E-state index is -0.677. The van der Waals surface area contributed by atoms with Gasteiger partial charge >= 0.3 is 0 Å². The Morgan fingerprint density at radius 2 is 2.04 bits per heavy atom. The number of hydrogen-bond acceptors (Lipinski definition) is 5. The molecule has 0 radical (unpaired) electrons. The summed E-state index contributed by atoms with van der Waals surface area (Å²) in [4.78, 5) is 15.3. The molecule has 1 amide bonds. The van der Waals surface area contributed by atoms with Crippen LogP contribution in [0.3, 0.4) is 0 Å². The number of hydrogen-bond donors (Lipinski definition) is 1. The summed E-state index contributed by atoms with van der Waals surface area (Å²) < 4.78 is 12.9. The van der Waals surface area contributed by atoms with Crippen LogP contribution in [0.5, 0.6) is 0 Å². The molecule has 7 heteroatoms. The van der Waals surface area contributed by atoms with E-state index in [0.29, 0.717) is 51.2 Å². The monoisotopic (exact) mass is 379 g/mol. The van der Waals surface area contributed by atoms with E-state index < -0.39 is 5.60 Å². The van der Waals surface area contributed by atoms with Gasteiger partial charge in [-0.1, -0.05) is 13.8 Å². The summed E-state index contributed by atoms with van der Waals surface area (Å²) in [6.45, 7) is 10.3. The molecule has 1 aromatic heterocycles. The average molecular weight is 380 g/mol. The highest BCUT2D eigenvalue weighted by Gasteiger charge is 2.39. The molecule has 3 rings (SSSR count). The maximum absolute atomic E-state index is 13.4. The van der Waals surface area contributed by atoms with Crippen molar-refractivity contribution < 1.29 is 19.4 Å². The lowest BCUT2D eigenvalue weighted by molar-refractivity contribution is -0.0513. The number of piperidine rings is 1. The molecule has 152 valence electrons. The molecular formula is C20H33N3O4. The predicted molar refractivity (Wildman–Crippen MR) is 102 cm³/mol. The molecule has 2 atom stereocenters. The van der Waals surface area contributed by atoms with Crippen molar-refractivity contribution in [3.8, 4) is 0 Å². The molecule has 0 bridgehead atoms. The Bertz CT molecular complexity index is 677. The number of aliphatic hydroxyl groups is 1. The molecule has 0 unspecified atom stereocenters. The summed E-state index contributed by atoms with van der Waals surface area (Å²) in [6, 6.07) is 0. The van der Waals surface area contributed by atoms with Crippen LogP contribution >= 0.6 is 0 Å². The third-order valence-electron chi connectivity index (χ3n) is 6.10. The van der Waals surface area contributed by atoms with Gasteiger partial charge in [-0.25, -0.2) is 0 Å². The maximum atomic E-state index is 13.4. The minimum Gasteiger partial charge on any atom is -0.389 e. The quantitative estimate of drug-likeness (QED) is 0.848. The van der Waals surface area contributed by atoms with E-state index in [9.17, 15) is 9.90 Å². The number of carbonyl (C=O) groups is 1. The lowest BCUT2D eigenvalue weighted by atomic mass is 9.81. The number of aromatic nitrogens is 2. The molecule has 27 heavy (non-hydrogen) atoms. The van der Waals surface area contributed by atoms with Crippen molar-refractivity contribution >= 4 is 5.91 Å². The molecule has 7 nitrogen and oxygen atoms in total. The van der Waals surface area contributed by atoms with Gasteiger partial charge in [0.05, 0.1) is 36.7 Å². The molecule has 0 saturated carbocycles. The second kappa shape index (κ2) is 7.89. The SMILES string of the molecule is COCCn1nc2c(c1C(=O)N1CCC(O)(C(C)C)CC1)C[C@H](C)O[C@@H]2C. The highest BCUT2D eigenvalue weighted by molar-refractivity contribution is 5.94. The first-order valence-electron chi connectivity index (χ1n) is 10.0. The Morgan fingerprint density at radius 3 is 2.63 bits per heavy atom. The number of rotatable bonds is 5. The molecule has 1 fully saturated rings. The Morgan fingerprint density at radius 1 is 1.37 bits per heavy atom. The number of ether oxygens (including phenoxy) is 2. The van der Waals surface area contributed by atoms with Crippen molar-refractivity contribution in [2.75, 3.05) is 26.8 Å². The Kier molecular flexibility index (Phi) is 5.93. The molecule has 1 saturated heterocycles. The molecule has 1 N–H and O–H groups in total. The molecule has 2 aliphatic rings. The summed E-state index contributed by atoms with van der Waals surface area (Å²) in [7, 11) is 1.65. The lowest BCUT2D eigenvalue weighted by Gasteiger charge is -2.41. The second-order valence-electron chi connectivity index (χ2n) is 8.27. The molecule has 2 aliphatic heterocycles. The first-order valence-corrected chi connectivity index (χ1v) is 10.0. The van der Waals surface area contributed by atoms with Crippen LogP contribution < -0.4 is 0 Å². The molecular weight excluding hydrogens is 346 g/mol. The van der Waals surface area contributed by atoms with Crippen molar-refractivity contribution in [3.63, 3.8) is 0 Å². The van der Waals surface area contributed by atoms with Crippen LogP contribution in [0.4, 0.5) is 0 Å². The van der Waals surface area contributed by atoms with Gasteiger partial charge < -0.3 is 19.5 Å². The van der Waals surface area contributed by atoms with E-state index in [2.05, 4.69) is 0 Å². The number of methoxy groups -OCH3 is 1. The van der Waals surface area contributed by atoms with E-state index >= 15 is 0 Å². The van der Waals surface area contributed by atoms with Crippen LogP contribution in [-0.4, -0.2) is 64.2 Å². The number of nitrogens with zero attached hydrogens (tertiary/aromatic N) is 3. The number of amides is 1. The topological polar surface area (TPSA) is 76.8 Å². The zero-order chi connectivity index (χ0) is 19.8. The van der Waals surface area contributed by atoms with Crippen molar-refractivity contribution in [1.29, 1.82) is 0 Å². The van der Waals surface area contributed by atoms with Gasteiger partial charge in [-0.05, 0) is 32.6 Å². The fourth-order valence-corrected chi connectivity index (χ4v) is 4.20. The van der Waals surface area contributed by atoms with E-state index in [0.717, 1.165) is 11.3 Å². The summed E-state index contributed by atoms with van der Waals surface area (Å²) in [6.07, 6.45) is 1.86. The third kappa shape index (κ3) is 3.91. The van der Waals surface area contributed by atoms with Crippen molar-refractivity contribution in [3.05, 3.63) is 17.0 Å². The second-order valence-corrected chi connectivity index (χ2v) is 8.27. The molecule has 0 aliphatic carbocycles. The van der Waals surface area contributed by atoms with Crippen LogP contribution in [0.2, 0.25) is 0 Å². The average Bonchev–Trinajstić information content (AvgIpc) is 2.98. The first-order chi connectivity index (χ1) is 12.8. The molecule has 0 spiro atoms. The van der Waals surface area contributed by atoms with Gasteiger partial charge in [0.1, 0.15) is 5.69 Å². The van der Waals surface area contributed by atoms with E-state index in [-0.39, 0.29) is 24.0 Å². The van der Waals surface area contributed by atoms with Crippen molar-refractivity contribution in [1.82, 2.24) is 14.7 Å². The summed E-state index contributed by atoms with van der Waals surface area (Å²) in [5, 5.41) is 15.4. The largest absolute Gasteiger partial charge is 0.389 e. The fourth-order valence-electron chi connectivity index (χ4n) is 4.20. The standard InChI is InChI=1S/C20H33N3O4/c1-13(2)20(25)6-8-22(9-7-20)19(24)18-16-12-14(3)27-15(4)17(16)21-23(18)10-11-26-5/h13-15,25H,6-12H2,1-5H3/t14-,15+/m0/s1. The van der Waals surface area contributed by atoms with E-state index in [4.69, 9.17) is 14.6 Å². The van der Waals surface area contributed by atoms with Crippen LogP contribution in [0.1, 0.15) is 68.4 Å². The van der Waals surface area contributed by atoms with Crippen LogP contribution in [0.25, 0.3) is 0 Å². The van der Waals surface area contributed by atoms with E-state index in [1.165, 1.54) is 0 Å². The van der Waals surface area contributed by atoms with Gasteiger partial charge in [-0.15, -0.1) is 0 Å². The molecule has 0 aromatic carbocycles. The van der Waals surface area contributed by atoms with Gasteiger partial charge in [0.25, 0.3) is 5.91 Å². The highest BCUT2D eigenvalue weighted by atomic mass is 16.5. The normalized spacial score (nSPS) is 24.9. The van der Waals surface area contributed by atoms with Crippen molar-refractivity contribution in [2.24, 2.45) is 5.92 Å². The fraction of sp³-hybridized carbons (Fsp3) is 0.800. The van der Waals surface area contributed by atoms with E-state index in [1.807, 2.05) is 32.6 Å². The minimum absolute atomic E-state index is 0.00644. The van der Waals surface area contributed by atoms with Crippen LogP contribution in [-0.2, 0) is 22.4 Å². The zero-order valence-corrected chi connectivity index (χ0v) is 17.2. The summed E-state index contributed by atoms with van der Waals surface area (Å²) in [5.74, 6) is 0.195. The number of carbonyl (C=O) groups excluding carboxylic acids is 1. The number of fused-ring (bicyclic) bond motifs is 1. The van der Waals surface area contributed by atoms with Crippen molar-refractivity contribution in [2.45, 2.75) is 71.3 Å². The van der Waals surface area contributed by atoms with Gasteiger partial charge in [-0.3, -0.25) is 9.48 Å². The maximum Gasteiger partial charge on any atom is 0.272 e. The van der Waals surface area contributed by atoms with Crippen LogP contribution in [0.15, 0.2) is 0 Å². The predicted octanol–water partition coefficient (Wildman–Crippen LogP) is 2.17. The first kappa shape index (κ1) is 20.3. The number of likely N-dealkylation sites (tertiary alicyclic amines) is 1. The van der Waals surface area contributed by atoms with Crippen LogP contribution in [0, 0.1) is 5.92 Å². The molecule has 3 heterocycles. The summed E-state index contributed by atoms with van der Waals surface area (Å²) in [5.41, 5.74) is 1.86. The van der Waals surface area contributed by atoms with Gasteiger partial charge in [0, 0.05) is 32.2 Å². The Labute approximate surface area is 161 Å². The van der Waals surface area contributed by atoms with Gasteiger partial charge in [0.2, 0.25) is 0 Å². The third-order valence-corrected chi connectivity index (χ3v) is 6.10. The Hall–Kier alpha value is -1.44. The highest BCUT2D eigenvalue weighted by Crippen LogP contribution is 2.34. The Balaban J connectivity index is 1.87. The van der Waals surface area contributed by atoms with Gasteiger partial charge in [0.15, 0.2) is 0 Å². The van der Waals surface area contributed by atoms with Gasteiger partial charge in [-0.2, -0.15) is 5.10 Å². The zero-order valence-electron chi connectivity index (χ0n) is 17.2. The smallest absolute Gasteiger partial charge is 0.272 e. The molecule has 1 aromatic rings. The summed E-state index contributed by atoms with van der Waals surface area (Å²) >= 11 is 0. The van der Waals surface area contributed by atoms with E-state index in [1.54, 1.807) is 11.8 Å².